The quantitative estimate of drug-likeness (QED) is 0.537. The number of hydrogen-bond acceptors (Lipinski definition) is 5. The number of ether oxygens (including phenoxy) is 1. The molecule has 0 spiro atoms. The molecule has 0 unspecified atom stereocenters. The van der Waals surface area contributed by atoms with E-state index in [1.54, 1.807) is 36.7 Å². The molecule has 0 aliphatic carbocycles. The molecule has 4 aromatic rings. The molecule has 0 aliphatic rings. The zero-order chi connectivity index (χ0) is 19.8. The fourth-order valence-electron chi connectivity index (χ4n) is 3.05. The van der Waals surface area contributed by atoms with E-state index in [4.69, 9.17) is 9.26 Å². The van der Waals surface area contributed by atoms with Crippen LogP contribution in [-0.4, -0.2) is 14.7 Å². The van der Waals surface area contributed by atoms with Gasteiger partial charge in [-0.25, -0.2) is 4.39 Å². The van der Waals surface area contributed by atoms with Crippen LogP contribution in [0.3, 0.4) is 0 Å². The topological polar surface area (TPSA) is 70.2 Å². The molecule has 0 atom stereocenters. The number of halogens is 1. The molecule has 2 aromatic carbocycles. The SMILES string of the molecule is Cc1cc(-c2noc(COc3ccc4c(C)cc(=O)n(C)c4c3)n2)ccc1F. The highest BCUT2D eigenvalue weighted by atomic mass is 19.1. The fourth-order valence-corrected chi connectivity index (χ4v) is 3.05. The number of pyridine rings is 1. The van der Waals surface area contributed by atoms with Gasteiger partial charge in [-0.1, -0.05) is 5.16 Å². The van der Waals surface area contributed by atoms with E-state index >= 15 is 0 Å². The average Bonchev–Trinajstić information content (AvgIpc) is 3.15. The smallest absolute Gasteiger partial charge is 0.264 e. The normalized spacial score (nSPS) is 11.1. The summed E-state index contributed by atoms with van der Waals surface area (Å²) in [7, 11) is 1.73. The number of aromatic nitrogens is 3. The van der Waals surface area contributed by atoms with E-state index in [1.807, 2.05) is 25.1 Å². The Kier molecular flexibility index (Phi) is 4.43. The Hall–Kier alpha value is -3.48. The van der Waals surface area contributed by atoms with Gasteiger partial charge in [0.15, 0.2) is 6.61 Å². The van der Waals surface area contributed by atoms with E-state index < -0.39 is 0 Å². The van der Waals surface area contributed by atoms with Crippen LogP contribution in [0, 0.1) is 19.7 Å². The van der Waals surface area contributed by atoms with Crippen molar-refractivity contribution in [3.05, 3.63) is 75.7 Å². The van der Waals surface area contributed by atoms with Crippen LogP contribution >= 0.6 is 0 Å². The predicted molar refractivity (Wildman–Crippen MR) is 103 cm³/mol. The first kappa shape index (κ1) is 17.9. The van der Waals surface area contributed by atoms with E-state index in [-0.39, 0.29) is 18.0 Å². The van der Waals surface area contributed by atoms with Gasteiger partial charge in [0.1, 0.15) is 11.6 Å². The van der Waals surface area contributed by atoms with E-state index in [9.17, 15) is 9.18 Å². The zero-order valence-electron chi connectivity index (χ0n) is 15.7. The second-order valence-corrected chi connectivity index (χ2v) is 6.67. The van der Waals surface area contributed by atoms with Crippen molar-refractivity contribution in [3.8, 4) is 17.1 Å². The van der Waals surface area contributed by atoms with E-state index in [2.05, 4.69) is 10.1 Å². The van der Waals surface area contributed by atoms with Gasteiger partial charge >= 0.3 is 0 Å². The summed E-state index contributed by atoms with van der Waals surface area (Å²) in [5, 5.41) is 4.91. The molecule has 4 rings (SSSR count). The Morgan fingerprint density at radius 3 is 2.71 bits per heavy atom. The molecule has 28 heavy (non-hydrogen) atoms. The maximum Gasteiger partial charge on any atom is 0.264 e. The summed E-state index contributed by atoms with van der Waals surface area (Å²) in [6.07, 6.45) is 0. The third-order valence-electron chi connectivity index (χ3n) is 4.67. The van der Waals surface area contributed by atoms with Crippen LogP contribution in [0.5, 0.6) is 5.75 Å². The second kappa shape index (κ2) is 6.92. The highest BCUT2D eigenvalue weighted by Gasteiger charge is 2.11. The molecular weight excluding hydrogens is 361 g/mol. The first-order chi connectivity index (χ1) is 13.4. The number of rotatable bonds is 4. The van der Waals surface area contributed by atoms with E-state index in [0.29, 0.717) is 28.6 Å². The van der Waals surface area contributed by atoms with Crippen LogP contribution in [0.15, 0.2) is 51.8 Å². The first-order valence-corrected chi connectivity index (χ1v) is 8.74. The van der Waals surface area contributed by atoms with Crippen molar-refractivity contribution in [1.29, 1.82) is 0 Å². The van der Waals surface area contributed by atoms with Gasteiger partial charge in [0.25, 0.3) is 11.4 Å². The molecule has 7 heteroatoms. The summed E-state index contributed by atoms with van der Waals surface area (Å²) in [4.78, 5) is 16.3. The van der Waals surface area contributed by atoms with Crippen LogP contribution in [-0.2, 0) is 13.7 Å². The zero-order valence-corrected chi connectivity index (χ0v) is 15.7. The summed E-state index contributed by atoms with van der Waals surface area (Å²) in [5.74, 6) is 0.982. The Morgan fingerprint density at radius 2 is 1.93 bits per heavy atom. The van der Waals surface area contributed by atoms with Gasteiger partial charge in [0, 0.05) is 30.1 Å². The molecule has 2 heterocycles. The highest BCUT2D eigenvalue weighted by Crippen LogP contribution is 2.23. The van der Waals surface area contributed by atoms with Crippen LogP contribution in [0.1, 0.15) is 17.0 Å². The Morgan fingerprint density at radius 1 is 1.11 bits per heavy atom. The number of hydrogen-bond donors (Lipinski definition) is 0. The molecule has 0 aliphatic heterocycles. The summed E-state index contributed by atoms with van der Waals surface area (Å²) in [6, 6.07) is 11.8. The molecule has 0 N–H and O–H groups in total. The van der Waals surface area contributed by atoms with Gasteiger partial charge < -0.3 is 13.8 Å². The molecular formula is C21H18FN3O3. The van der Waals surface area contributed by atoms with Crippen molar-refractivity contribution in [1.82, 2.24) is 14.7 Å². The Bertz CT molecular complexity index is 1240. The van der Waals surface area contributed by atoms with Gasteiger partial charge in [-0.15, -0.1) is 0 Å². The van der Waals surface area contributed by atoms with Crippen molar-refractivity contribution in [2.24, 2.45) is 7.05 Å². The molecule has 0 amide bonds. The molecule has 0 fully saturated rings. The molecule has 0 saturated heterocycles. The van der Waals surface area contributed by atoms with Crippen molar-refractivity contribution >= 4 is 10.9 Å². The van der Waals surface area contributed by atoms with Crippen molar-refractivity contribution < 1.29 is 13.7 Å². The van der Waals surface area contributed by atoms with Crippen molar-refractivity contribution in [2.75, 3.05) is 0 Å². The summed E-state index contributed by atoms with van der Waals surface area (Å²) >= 11 is 0. The maximum absolute atomic E-state index is 13.4. The monoisotopic (exact) mass is 379 g/mol. The summed E-state index contributed by atoms with van der Waals surface area (Å²) in [5.41, 5.74) is 2.82. The van der Waals surface area contributed by atoms with Crippen LogP contribution in [0.4, 0.5) is 4.39 Å². The van der Waals surface area contributed by atoms with Gasteiger partial charge in [0.2, 0.25) is 5.82 Å². The van der Waals surface area contributed by atoms with Crippen molar-refractivity contribution in [3.63, 3.8) is 0 Å². The molecule has 0 saturated carbocycles. The molecule has 0 radical (unpaired) electrons. The number of aryl methyl sites for hydroxylation is 3. The minimum Gasteiger partial charge on any atom is -0.484 e. The average molecular weight is 379 g/mol. The summed E-state index contributed by atoms with van der Waals surface area (Å²) in [6.45, 7) is 3.66. The van der Waals surface area contributed by atoms with Gasteiger partial charge in [-0.3, -0.25) is 4.79 Å². The molecule has 6 nitrogen and oxygen atoms in total. The number of fused-ring (bicyclic) bond motifs is 1. The lowest BCUT2D eigenvalue weighted by Gasteiger charge is -2.10. The molecule has 0 bridgehead atoms. The van der Waals surface area contributed by atoms with E-state index in [0.717, 1.165) is 16.5 Å². The Labute approximate surface area is 160 Å². The second-order valence-electron chi connectivity index (χ2n) is 6.67. The minimum atomic E-state index is -0.281. The standard InChI is InChI=1S/C21H18FN3O3/c1-12-9-20(26)25(3)18-10-15(5-6-16(12)18)27-11-19-23-21(24-28-19)14-4-7-17(22)13(2)8-14/h4-10H,11H2,1-3H3. The molecule has 142 valence electrons. The van der Waals surface area contributed by atoms with Gasteiger partial charge in [-0.05, 0) is 55.3 Å². The Balaban J connectivity index is 1.55. The minimum absolute atomic E-state index is 0.0710. The van der Waals surface area contributed by atoms with Crippen molar-refractivity contribution in [2.45, 2.75) is 20.5 Å². The highest BCUT2D eigenvalue weighted by molar-refractivity contribution is 5.83. The third kappa shape index (κ3) is 3.26. The maximum atomic E-state index is 13.4. The number of nitrogens with zero attached hydrogens (tertiary/aromatic N) is 3. The van der Waals surface area contributed by atoms with Crippen LogP contribution < -0.4 is 10.3 Å². The van der Waals surface area contributed by atoms with E-state index in [1.165, 1.54) is 6.07 Å². The summed E-state index contributed by atoms with van der Waals surface area (Å²) < 4.78 is 26.0. The fraction of sp³-hybridized carbons (Fsp3) is 0.190. The largest absolute Gasteiger partial charge is 0.484 e. The first-order valence-electron chi connectivity index (χ1n) is 8.74. The van der Waals surface area contributed by atoms with Gasteiger partial charge in [-0.2, -0.15) is 4.98 Å². The van der Waals surface area contributed by atoms with Crippen LogP contribution in [0.25, 0.3) is 22.3 Å². The van der Waals surface area contributed by atoms with Crippen LogP contribution in [0.2, 0.25) is 0 Å². The van der Waals surface area contributed by atoms with Gasteiger partial charge in [0.05, 0.1) is 5.52 Å². The number of benzene rings is 2. The lowest BCUT2D eigenvalue weighted by molar-refractivity contribution is 0.243. The third-order valence-corrected chi connectivity index (χ3v) is 4.67. The predicted octanol–water partition coefficient (Wildman–Crippen LogP) is 3.92. The molecule has 2 aromatic heterocycles. The lowest BCUT2D eigenvalue weighted by atomic mass is 10.1. The lowest BCUT2D eigenvalue weighted by Crippen LogP contribution is -2.16.